The Bertz CT molecular complexity index is 606. The Labute approximate surface area is 128 Å². The molecule has 1 heterocycles. The van der Waals surface area contributed by atoms with Gasteiger partial charge in [0.05, 0.1) is 0 Å². The first-order chi connectivity index (χ1) is 9.38. The molecule has 0 aliphatic heterocycles. The van der Waals surface area contributed by atoms with Crippen LogP contribution in [0.4, 0.5) is 0 Å². The summed E-state index contributed by atoms with van der Waals surface area (Å²) in [7, 11) is 0. The number of aromatic nitrogens is 2. The molecule has 106 valence electrons. The van der Waals surface area contributed by atoms with Crippen LogP contribution >= 0.6 is 15.9 Å². The van der Waals surface area contributed by atoms with Crippen LogP contribution in [0.3, 0.4) is 0 Å². The van der Waals surface area contributed by atoms with Gasteiger partial charge in [-0.2, -0.15) is 4.98 Å². The summed E-state index contributed by atoms with van der Waals surface area (Å²) >= 11 is 3.38. The van der Waals surface area contributed by atoms with E-state index in [0.717, 1.165) is 22.6 Å². The maximum absolute atomic E-state index is 5.86. The van der Waals surface area contributed by atoms with E-state index in [0.29, 0.717) is 5.88 Å². The molecule has 1 aromatic carbocycles. The summed E-state index contributed by atoms with van der Waals surface area (Å²) in [4.78, 5) is 8.65. The van der Waals surface area contributed by atoms with Crippen molar-refractivity contribution >= 4 is 15.9 Å². The van der Waals surface area contributed by atoms with Crippen molar-refractivity contribution < 1.29 is 4.74 Å². The Morgan fingerprint density at radius 3 is 2.55 bits per heavy atom. The lowest BCUT2D eigenvalue weighted by molar-refractivity contribution is 0.455. The van der Waals surface area contributed by atoms with Crippen molar-refractivity contribution in [2.24, 2.45) is 0 Å². The molecule has 1 aromatic heterocycles. The fourth-order valence-corrected chi connectivity index (χ4v) is 2.20. The molecule has 2 rings (SSSR count). The van der Waals surface area contributed by atoms with Crippen LogP contribution in [0.25, 0.3) is 0 Å². The predicted molar refractivity (Wildman–Crippen MR) is 84.3 cm³/mol. The van der Waals surface area contributed by atoms with Crippen molar-refractivity contribution in [3.63, 3.8) is 0 Å². The second-order valence-corrected chi connectivity index (χ2v) is 6.49. The van der Waals surface area contributed by atoms with Gasteiger partial charge in [0, 0.05) is 12.5 Å². The van der Waals surface area contributed by atoms with E-state index in [1.165, 1.54) is 5.56 Å². The highest BCUT2D eigenvalue weighted by Crippen LogP contribution is 2.28. The molecule has 20 heavy (non-hydrogen) atoms. The van der Waals surface area contributed by atoms with E-state index < -0.39 is 0 Å². The third-order valence-corrected chi connectivity index (χ3v) is 3.36. The van der Waals surface area contributed by atoms with E-state index in [-0.39, 0.29) is 5.41 Å². The molecule has 0 aliphatic rings. The lowest BCUT2D eigenvalue weighted by atomic mass is 9.87. The van der Waals surface area contributed by atoms with Crippen LogP contribution in [0, 0.1) is 0 Å². The van der Waals surface area contributed by atoms with E-state index in [9.17, 15) is 0 Å². The van der Waals surface area contributed by atoms with Gasteiger partial charge in [-0.15, -0.1) is 0 Å². The second-order valence-electron chi connectivity index (χ2n) is 5.68. The maximum atomic E-state index is 5.86. The Balaban J connectivity index is 2.28. The molecule has 3 nitrogen and oxygen atoms in total. The van der Waals surface area contributed by atoms with Crippen LogP contribution < -0.4 is 4.74 Å². The summed E-state index contributed by atoms with van der Waals surface area (Å²) in [5, 5.41) is 0. The molecule has 2 aromatic rings. The normalized spacial score (nSPS) is 11.4. The van der Waals surface area contributed by atoms with Crippen LogP contribution in [-0.2, 0) is 11.8 Å². The lowest BCUT2D eigenvalue weighted by Gasteiger charge is -2.19. The van der Waals surface area contributed by atoms with Gasteiger partial charge in [-0.05, 0) is 39.0 Å². The Kier molecular flexibility index (Phi) is 4.43. The van der Waals surface area contributed by atoms with Crippen LogP contribution in [0.15, 0.2) is 34.9 Å². The van der Waals surface area contributed by atoms with E-state index in [1.54, 1.807) is 6.07 Å². The largest absolute Gasteiger partial charge is 0.439 e. The van der Waals surface area contributed by atoms with Gasteiger partial charge in [-0.25, -0.2) is 4.98 Å². The predicted octanol–water partition coefficient (Wildman–Crippen LogP) is 4.89. The first kappa shape index (κ1) is 15.0. The van der Waals surface area contributed by atoms with Crippen molar-refractivity contribution in [3.05, 3.63) is 46.3 Å². The van der Waals surface area contributed by atoms with E-state index in [4.69, 9.17) is 4.74 Å². The van der Waals surface area contributed by atoms with Gasteiger partial charge in [-0.3, -0.25) is 0 Å². The average molecular weight is 335 g/mol. The first-order valence-electron chi connectivity index (χ1n) is 6.70. The van der Waals surface area contributed by atoms with Crippen molar-refractivity contribution in [3.8, 4) is 11.6 Å². The fourth-order valence-electron chi connectivity index (χ4n) is 1.80. The highest BCUT2D eigenvalue weighted by molar-refractivity contribution is 9.10. The molecule has 0 atom stereocenters. The number of hydrogen-bond acceptors (Lipinski definition) is 3. The monoisotopic (exact) mass is 334 g/mol. The number of halogens is 1. The van der Waals surface area contributed by atoms with Crippen molar-refractivity contribution in [1.29, 1.82) is 0 Å². The molecule has 4 heteroatoms. The Morgan fingerprint density at radius 2 is 1.90 bits per heavy atom. The third kappa shape index (κ3) is 3.79. The number of rotatable bonds is 3. The van der Waals surface area contributed by atoms with Gasteiger partial charge in [0.15, 0.2) is 0 Å². The van der Waals surface area contributed by atoms with Crippen molar-refractivity contribution in [2.75, 3.05) is 0 Å². The third-order valence-electron chi connectivity index (χ3n) is 2.96. The van der Waals surface area contributed by atoms with Gasteiger partial charge >= 0.3 is 0 Å². The van der Waals surface area contributed by atoms with E-state index >= 15 is 0 Å². The minimum absolute atomic E-state index is 0.0974. The lowest BCUT2D eigenvalue weighted by Crippen LogP contribution is -2.10. The molecular formula is C16H19BrN2O. The minimum atomic E-state index is 0.0974. The summed E-state index contributed by atoms with van der Waals surface area (Å²) in [5.41, 5.74) is 1.33. The van der Waals surface area contributed by atoms with Crippen molar-refractivity contribution in [1.82, 2.24) is 9.97 Å². The molecule has 0 fully saturated rings. The molecule has 0 aliphatic carbocycles. The van der Waals surface area contributed by atoms with Gasteiger partial charge in [0.1, 0.15) is 16.2 Å². The standard InChI is InChI=1S/C16H19BrN2O/c1-5-14-18-13(17)10-15(19-14)20-12-8-6-7-11(9-12)16(2,3)4/h6-10H,5H2,1-4H3. The highest BCUT2D eigenvalue weighted by Gasteiger charge is 2.14. The summed E-state index contributed by atoms with van der Waals surface area (Å²) in [6, 6.07) is 9.90. The van der Waals surface area contributed by atoms with E-state index in [2.05, 4.69) is 58.8 Å². The smallest absolute Gasteiger partial charge is 0.223 e. The summed E-state index contributed by atoms with van der Waals surface area (Å²) in [6.45, 7) is 8.57. The minimum Gasteiger partial charge on any atom is -0.439 e. The molecule has 0 spiro atoms. The molecule has 0 N–H and O–H groups in total. The zero-order valence-electron chi connectivity index (χ0n) is 12.3. The maximum Gasteiger partial charge on any atom is 0.223 e. The Hall–Kier alpha value is -1.42. The van der Waals surface area contributed by atoms with E-state index in [1.807, 2.05) is 19.1 Å². The Morgan fingerprint density at radius 1 is 1.15 bits per heavy atom. The number of benzene rings is 1. The number of ether oxygens (including phenoxy) is 1. The summed E-state index contributed by atoms with van der Waals surface area (Å²) in [5.74, 6) is 2.13. The molecule has 0 saturated carbocycles. The zero-order chi connectivity index (χ0) is 14.8. The first-order valence-corrected chi connectivity index (χ1v) is 7.49. The van der Waals surface area contributed by atoms with Crippen LogP contribution in [0.1, 0.15) is 39.1 Å². The summed E-state index contributed by atoms with van der Waals surface area (Å²) < 4.78 is 6.60. The van der Waals surface area contributed by atoms with Gasteiger partial charge in [-0.1, -0.05) is 39.8 Å². The molecule has 0 unspecified atom stereocenters. The number of hydrogen-bond donors (Lipinski definition) is 0. The highest BCUT2D eigenvalue weighted by atomic mass is 79.9. The molecular weight excluding hydrogens is 316 g/mol. The fraction of sp³-hybridized carbons (Fsp3) is 0.375. The van der Waals surface area contributed by atoms with Gasteiger partial charge < -0.3 is 4.74 Å². The quantitative estimate of drug-likeness (QED) is 0.749. The molecule has 0 radical (unpaired) electrons. The van der Waals surface area contributed by atoms with Crippen LogP contribution in [0.2, 0.25) is 0 Å². The molecule has 0 amide bonds. The average Bonchev–Trinajstić information content (AvgIpc) is 2.37. The van der Waals surface area contributed by atoms with Crippen LogP contribution in [-0.4, -0.2) is 9.97 Å². The molecule has 0 saturated heterocycles. The van der Waals surface area contributed by atoms with Crippen LogP contribution in [0.5, 0.6) is 11.6 Å². The molecule has 0 bridgehead atoms. The van der Waals surface area contributed by atoms with Gasteiger partial charge in [0.2, 0.25) is 5.88 Å². The second kappa shape index (κ2) is 5.92. The SMILES string of the molecule is CCc1nc(Br)cc(Oc2cccc(C(C)(C)C)c2)n1. The number of nitrogens with zero attached hydrogens (tertiary/aromatic N) is 2. The zero-order valence-corrected chi connectivity index (χ0v) is 13.9. The topological polar surface area (TPSA) is 35.0 Å². The van der Waals surface area contributed by atoms with Gasteiger partial charge in [0.25, 0.3) is 0 Å². The number of aryl methyl sites for hydroxylation is 1. The summed E-state index contributed by atoms with van der Waals surface area (Å²) in [6.07, 6.45) is 0.776. The van der Waals surface area contributed by atoms with Crippen molar-refractivity contribution in [2.45, 2.75) is 39.5 Å².